The molecular formula is C16H19N3S. The summed E-state index contributed by atoms with van der Waals surface area (Å²) in [7, 11) is 0. The van der Waals surface area contributed by atoms with Gasteiger partial charge in [-0.2, -0.15) is 0 Å². The number of rotatable bonds is 6. The molecule has 0 aliphatic heterocycles. The lowest BCUT2D eigenvalue weighted by molar-refractivity contribution is 0.670. The smallest absolute Gasteiger partial charge is 0.138 e. The highest BCUT2D eigenvalue weighted by Gasteiger charge is 2.20. The van der Waals surface area contributed by atoms with E-state index >= 15 is 0 Å². The number of aryl methyl sites for hydroxylation is 1. The van der Waals surface area contributed by atoms with E-state index in [0.717, 1.165) is 29.9 Å². The second-order valence-electron chi connectivity index (χ2n) is 5.22. The van der Waals surface area contributed by atoms with Gasteiger partial charge in [0.15, 0.2) is 0 Å². The number of benzene rings is 1. The molecule has 104 valence electrons. The van der Waals surface area contributed by atoms with Gasteiger partial charge in [0.1, 0.15) is 5.82 Å². The van der Waals surface area contributed by atoms with E-state index in [1.54, 1.807) is 11.8 Å². The minimum Gasteiger partial charge on any atom is -0.308 e. The molecule has 0 spiro atoms. The number of thioether (sulfide) groups is 1. The van der Waals surface area contributed by atoms with Crippen molar-refractivity contribution in [2.75, 3.05) is 0 Å². The molecule has 0 bridgehead atoms. The Kier molecular flexibility index (Phi) is 4.33. The van der Waals surface area contributed by atoms with Gasteiger partial charge in [0, 0.05) is 23.7 Å². The highest BCUT2D eigenvalue weighted by Crippen LogP contribution is 2.22. The monoisotopic (exact) mass is 285 g/mol. The van der Waals surface area contributed by atoms with E-state index in [0.29, 0.717) is 0 Å². The quantitative estimate of drug-likeness (QED) is 0.826. The van der Waals surface area contributed by atoms with Crippen molar-refractivity contribution >= 4 is 11.8 Å². The normalized spacial score (nSPS) is 14.4. The maximum Gasteiger partial charge on any atom is 0.138 e. The standard InChI is InChI=1S/C16H19N3S/c1-12-2-6-15(7-3-12)20-11-16-17-9-8-14(19-16)10-18-13-4-5-13/h2-3,6-9,13,18H,4-5,10-11H2,1H3. The summed E-state index contributed by atoms with van der Waals surface area (Å²) in [6.07, 6.45) is 4.48. The van der Waals surface area contributed by atoms with Crippen molar-refractivity contribution in [3.8, 4) is 0 Å². The fourth-order valence-electron chi connectivity index (χ4n) is 1.93. The molecule has 20 heavy (non-hydrogen) atoms. The van der Waals surface area contributed by atoms with Crippen LogP contribution in [0.4, 0.5) is 0 Å². The van der Waals surface area contributed by atoms with Crippen molar-refractivity contribution in [3.63, 3.8) is 0 Å². The first kappa shape index (κ1) is 13.6. The van der Waals surface area contributed by atoms with Crippen LogP contribution < -0.4 is 5.32 Å². The Hall–Kier alpha value is -1.39. The predicted octanol–water partition coefficient (Wildman–Crippen LogP) is 3.33. The van der Waals surface area contributed by atoms with E-state index in [1.165, 1.54) is 23.3 Å². The second kappa shape index (κ2) is 6.37. The third-order valence-electron chi connectivity index (χ3n) is 3.30. The van der Waals surface area contributed by atoms with Gasteiger partial charge in [-0.1, -0.05) is 17.7 Å². The Balaban J connectivity index is 1.56. The maximum absolute atomic E-state index is 4.61. The molecule has 0 unspecified atom stereocenters. The van der Waals surface area contributed by atoms with Crippen LogP contribution in [-0.2, 0) is 12.3 Å². The number of nitrogens with one attached hydrogen (secondary N) is 1. The number of aromatic nitrogens is 2. The van der Waals surface area contributed by atoms with Crippen LogP contribution >= 0.6 is 11.8 Å². The zero-order valence-corrected chi connectivity index (χ0v) is 12.5. The molecule has 1 N–H and O–H groups in total. The van der Waals surface area contributed by atoms with Gasteiger partial charge < -0.3 is 5.32 Å². The van der Waals surface area contributed by atoms with Crippen LogP contribution in [-0.4, -0.2) is 16.0 Å². The fourth-order valence-corrected chi connectivity index (χ4v) is 2.69. The molecule has 1 saturated carbocycles. The SMILES string of the molecule is Cc1ccc(SCc2nccc(CNC3CC3)n2)cc1. The fraction of sp³-hybridized carbons (Fsp3) is 0.375. The lowest BCUT2D eigenvalue weighted by Gasteiger charge is -2.05. The van der Waals surface area contributed by atoms with E-state index in [4.69, 9.17) is 0 Å². The molecule has 2 aromatic rings. The van der Waals surface area contributed by atoms with Crippen LogP contribution in [0.5, 0.6) is 0 Å². The Labute approximate surface area is 124 Å². The summed E-state index contributed by atoms with van der Waals surface area (Å²) in [5.74, 6) is 1.73. The van der Waals surface area contributed by atoms with Crippen LogP contribution in [0.15, 0.2) is 41.4 Å². The molecule has 1 aromatic carbocycles. The Bertz CT molecular complexity index is 564. The zero-order chi connectivity index (χ0) is 13.8. The van der Waals surface area contributed by atoms with E-state index in [2.05, 4.69) is 46.5 Å². The molecule has 1 aliphatic rings. The first-order valence-corrected chi connectivity index (χ1v) is 8.02. The topological polar surface area (TPSA) is 37.8 Å². The van der Waals surface area contributed by atoms with Crippen molar-refractivity contribution in [1.82, 2.24) is 15.3 Å². The molecule has 1 aromatic heterocycles. The van der Waals surface area contributed by atoms with Gasteiger partial charge in [0.25, 0.3) is 0 Å². The van der Waals surface area contributed by atoms with Gasteiger partial charge in [-0.15, -0.1) is 11.8 Å². The number of hydrogen-bond donors (Lipinski definition) is 1. The van der Waals surface area contributed by atoms with Crippen molar-refractivity contribution in [2.45, 2.75) is 43.0 Å². The molecule has 0 atom stereocenters. The van der Waals surface area contributed by atoms with Crippen LogP contribution in [0.25, 0.3) is 0 Å². The highest BCUT2D eigenvalue weighted by atomic mass is 32.2. The third-order valence-corrected chi connectivity index (χ3v) is 4.31. The van der Waals surface area contributed by atoms with Gasteiger partial charge in [-0.05, 0) is 38.0 Å². The molecule has 0 saturated heterocycles. The first-order chi connectivity index (χ1) is 9.79. The van der Waals surface area contributed by atoms with Crippen LogP contribution in [0.1, 0.15) is 29.9 Å². The summed E-state index contributed by atoms with van der Waals surface area (Å²) >= 11 is 1.78. The lowest BCUT2D eigenvalue weighted by atomic mass is 10.2. The summed E-state index contributed by atoms with van der Waals surface area (Å²) in [4.78, 5) is 10.2. The van der Waals surface area contributed by atoms with Crippen molar-refractivity contribution < 1.29 is 0 Å². The minimum atomic E-state index is 0.718. The van der Waals surface area contributed by atoms with Crippen molar-refractivity contribution in [2.24, 2.45) is 0 Å². The van der Waals surface area contributed by atoms with Gasteiger partial charge >= 0.3 is 0 Å². The average molecular weight is 285 g/mol. The van der Waals surface area contributed by atoms with Gasteiger partial charge in [0.2, 0.25) is 0 Å². The largest absolute Gasteiger partial charge is 0.308 e. The number of hydrogen-bond acceptors (Lipinski definition) is 4. The summed E-state index contributed by atoms with van der Waals surface area (Å²) < 4.78 is 0. The van der Waals surface area contributed by atoms with Crippen LogP contribution in [0.3, 0.4) is 0 Å². The van der Waals surface area contributed by atoms with Gasteiger partial charge in [0.05, 0.1) is 11.4 Å². The van der Waals surface area contributed by atoms with Crippen molar-refractivity contribution in [1.29, 1.82) is 0 Å². The summed E-state index contributed by atoms with van der Waals surface area (Å²) in [6.45, 7) is 2.96. The minimum absolute atomic E-state index is 0.718. The van der Waals surface area contributed by atoms with E-state index in [9.17, 15) is 0 Å². The van der Waals surface area contributed by atoms with Crippen LogP contribution in [0.2, 0.25) is 0 Å². The number of nitrogens with zero attached hydrogens (tertiary/aromatic N) is 2. The molecule has 4 heteroatoms. The van der Waals surface area contributed by atoms with E-state index < -0.39 is 0 Å². The molecule has 3 nitrogen and oxygen atoms in total. The third kappa shape index (κ3) is 4.05. The van der Waals surface area contributed by atoms with E-state index in [-0.39, 0.29) is 0 Å². The lowest BCUT2D eigenvalue weighted by Crippen LogP contribution is -2.16. The molecule has 0 radical (unpaired) electrons. The Morgan fingerprint density at radius 1 is 1.20 bits per heavy atom. The Morgan fingerprint density at radius 2 is 2.00 bits per heavy atom. The molecule has 1 fully saturated rings. The van der Waals surface area contributed by atoms with E-state index in [1.807, 2.05) is 12.3 Å². The summed E-state index contributed by atoms with van der Waals surface area (Å²) in [6, 6.07) is 11.3. The molecule has 1 heterocycles. The molecule has 1 aliphatic carbocycles. The van der Waals surface area contributed by atoms with Gasteiger partial charge in [-0.3, -0.25) is 0 Å². The average Bonchev–Trinajstić information content (AvgIpc) is 3.29. The molecular weight excluding hydrogens is 266 g/mol. The Morgan fingerprint density at radius 3 is 2.75 bits per heavy atom. The van der Waals surface area contributed by atoms with Crippen molar-refractivity contribution in [3.05, 3.63) is 53.6 Å². The molecule has 3 rings (SSSR count). The second-order valence-corrected chi connectivity index (χ2v) is 6.27. The predicted molar refractivity (Wildman–Crippen MR) is 82.6 cm³/mol. The first-order valence-electron chi connectivity index (χ1n) is 7.03. The van der Waals surface area contributed by atoms with Gasteiger partial charge in [-0.25, -0.2) is 9.97 Å². The zero-order valence-electron chi connectivity index (χ0n) is 11.7. The summed E-state index contributed by atoms with van der Waals surface area (Å²) in [5.41, 5.74) is 2.38. The summed E-state index contributed by atoms with van der Waals surface area (Å²) in [5, 5.41) is 3.48. The molecule has 0 amide bonds. The van der Waals surface area contributed by atoms with Crippen LogP contribution in [0, 0.1) is 6.92 Å². The highest BCUT2D eigenvalue weighted by molar-refractivity contribution is 7.98. The maximum atomic E-state index is 4.61.